The van der Waals surface area contributed by atoms with Crippen LogP contribution in [-0.2, 0) is 0 Å². The van der Waals surface area contributed by atoms with Crippen LogP contribution in [0.5, 0.6) is 0 Å². The van der Waals surface area contributed by atoms with Crippen molar-refractivity contribution in [2.24, 2.45) is 5.73 Å². The number of aryl methyl sites for hydroxylation is 1. The van der Waals surface area contributed by atoms with E-state index in [0.29, 0.717) is 0 Å². The van der Waals surface area contributed by atoms with Gasteiger partial charge in [0.15, 0.2) is 0 Å². The van der Waals surface area contributed by atoms with Crippen LogP contribution in [0.2, 0.25) is 0 Å². The molecule has 0 aromatic heterocycles. The zero-order valence-corrected chi connectivity index (χ0v) is 7.47. The summed E-state index contributed by atoms with van der Waals surface area (Å²) < 4.78 is 12.9. The van der Waals surface area contributed by atoms with Crippen LogP contribution in [0.25, 0.3) is 0 Å². The van der Waals surface area contributed by atoms with Gasteiger partial charge >= 0.3 is 0 Å². The summed E-state index contributed by atoms with van der Waals surface area (Å²) in [6.07, 6.45) is 0.836. The zero-order valence-electron chi connectivity index (χ0n) is 7.47. The molecule has 0 saturated heterocycles. The van der Waals surface area contributed by atoms with Gasteiger partial charge < -0.3 is 5.73 Å². The lowest BCUT2D eigenvalue weighted by Gasteiger charge is -2.09. The molecule has 66 valence electrons. The maximum absolute atomic E-state index is 12.9. The van der Waals surface area contributed by atoms with Crippen molar-refractivity contribution in [1.29, 1.82) is 0 Å². The van der Waals surface area contributed by atoms with E-state index in [-0.39, 0.29) is 11.9 Å². The van der Waals surface area contributed by atoms with E-state index in [0.717, 1.165) is 17.5 Å². The molecule has 0 heterocycles. The van der Waals surface area contributed by atoms with Gasteiger partial charge in [0.2, 0.25) is 0 Å². The second kappa shape index (κ2) is 3.68. The van der Waals surface area contributed by atoms with Gasteiger partial charge in [-0.05, 0) is 36.6 Å². The summed E-state index contributed by atoms with van der Waals surface area (Å²) in [5, 5.41) is 0. The minimum atomic E-state index is -0.200. The number of hydrogen-bond acceptors (Lipinski definition) is 1. The van der Waals surface area contributed by atoms with Gasteiger partial charge in [0.1, 0.15) is 5.82 Å². The quantitative estimate of drug-likeness (QED) is 0.719. The van der Waals surface area contributed by atoms with Gasteiger partial charge in [-0.15, -0.1) is 0 Å². The summed E-state index contributed by atoms with van der Waals surface area (Å²) in [5.41, 5.74) is 7.57. The Bertz CT molecular complexity index is 250. The molecule has 0 aliphatic heterocycles. The van der Waals surface area contributed by atoms with Crippen molar-refractivity contribution in [3.8, 4) is 0 Å². The van der Waals surface area contributed by atoms with Crippen LogP contribution in [0.3, 0.4) is 0 Å². The summed E-state index contributed by atoms with van der Waals surface area (Å²) >= 11 is 0. The van der Waals surface area contributed by atoms with Crippen LogP contribution in [0.15, 0.2) is 18.2 Å². The summed E-state index contributed by atoms with van der Waals surface area (Å²) in [4.78, 5) is 0. The first-order valence-electron chi connectivity index (χ1n) is 4.16. The van der Waals surface area contributed by atoms with Crippen LogP contribution in [-0.4, -0.2) is 0 Å². The van der Waals surface area contributed by atoms with Gasteiger partial charge in [0.05, 0.1) is 0 Å². The van der Waals surface area contributed by atoms with Gasteiger partial charge in [0, 0.05) is 6.04 Å². The van der Waals surface area contributed by atoms with E-state index in [1.807, 2.05) is 19.9 Å². The highest BCUT2D eigenvalue weighted by Gasteiger charge is 2.04. The maximum Gasteiger partial charge on any atom is 0.123 e. The fraction of sp³-hybridized carbons (Fsp3) is 0.400. The Morgan fingerprint density at radius 2 is 2.08 bits per heavy atom. The molecular weight excluding hydrogens is 153 g/mol. The predicted octanol–water partition coefficient (Wildman–Crippen LogP) is 2.54. The number of hydrogen-bond donors (Lipinski definition) is 1. The average Bonchev–Trinajstić information content (AvgIpc) is 2.01. The number of halogens is 1. The molecule has 0 aliphatic carbocycles. The van der Waals surface area contributed by atoms with Gasteiger partial charge in [-0.2, -0.15) is 0 Å². The number of rotatable bonds is 2. The highest BCUT2D eigenvalue weighted by Crippen LogP contribution is 2.16. The lowest BCUT2D eigenvalue weighted by atomic mass is 10.0. The first-order chi connectivity index (χ1) is 5.63. The molecule has 0 aliphatic rings. The van der Waals surface area contributed by atoms with E-state index < -0.39 is 0 Å². The lowest BCUT2D eigenvalue weighted by molar-refractivity contribution is 0.615. The van der Waals surface area contributed by atoms with Crippen LogP contribution in [0, 0.1) is 12.7 Å². The van der Waals surface area contributed by atoms with Crippen molar-refractivity contribution < 1.29 is 4.39 Å². The third-order valence-corrected chi connectivity index (χ3v) is 1.93. The third-order valence-electron chi connectivity index (χ3n) is 1.93. The normalized spacial score (nSPS) is 13.0. The first-order valence-corrected chi connectivity index (χ1v) is 4.16. The Morgan fingerprint density at radius 3 is 2.58 bits per heavy atom. The van der Waals surface area contributed by atoms with Crippen molar-refractivity contribution >= 4 is 0 Å². The molecule has 1 aromatic rings. The molecule has 1 rings (SSSR count). The summed E-state index contributed by atoms with van der Waals surface area (Å²) in [5.74, 6) is -0.200. The topological polar surface area (TPSA) is 26.0 Å². The molecule has 0 saturated carbocycles. The largest absolute Gasteiger partial charge is 0.324 e. The van der Waals surface area contributed by atoms with E-state index in [2.05, 4.69) is 0 Å². The molecule has 1 atom stereocenters. The van der Waals surface area contributed by atoms with Gasteiger partial charge in [-0.25, -0.2) is 4.39 Å². The van der Waals surface area contributed by atoms with Gasteiger partial charge in [-0.3, -0.25) is 0 Å². The van der Waals surface area contributed by atoms with E-state index >= 15 is 0 Å². The van der Waals surface area contributed by atoms with Crippen LogP contribution < -0.4 is 5.73 Å². The lowest BCUT2D eigenvalue weighted by Crippen LogP contribution is -2.08. The second-order valence-electron chi connectivity index (χ2n) is 3.08. The minimum Gasteiger partial charge on any atom is -0.324 e. The summed E-state index contributed by atoms with van der Waals surface area (Å²) in [6, 6.07) is 4.89. The molecule has 0 amide bonds. The molecule has 0 unspecified atom stereocenters. The molecule has 12 heavy (non-hydrogen) atoms. The Labute approximate surface area is 72.4 Å². The molecule has 2 heteroatoms. The highest BCUT2D eigenvalue weighted by atomic mass is 19.1. The molecule has 0 bridgehead atoms. The third kappa shape index (κ3) is 2.05. The van der Waals surface area contributed by atoms with Crippen molar-refractivity contribution in [2.45, 2.75) is 26.3 Å². The smallest absolute Gasteiger partial charge is 0.123 e. The molecule has 0 fully saturated rings. The number of benzene rings is 1. The molecular formula is C10H14FN. The Balaban J connectivity index is 3.00. The minimum absolute atomic E-state index is 0.0422. The van der Waals surface area contributed by atoms with E-state index in [4.69, 9.17) is 5.73 Å². The fourth-order valence-corrected chi connectivity index (χ4v) is 1.21. The maximum atomic E-state index is 12.9. The molecule has 0 radical (unpaired) electrons. The molecule has 1 aromatic carbocycles. The van der Waals surface area contributed by atoms with Crippen LogP contribution >= 0.6 is 0 Å². The monoisotopic (exact) mass is 167 g/mol. The van der Waals surface area contributed by atoms with Crippen molar-refractivity contribution in [3.63, 3.8) is 0 Å². The highest BCUT2D eigenvalue weighted by molar-refractivity contribution is 5.25. The van der Waals surface area contributed by atoms with Crippen molar-refractivity contribution in [1.82, 2.24) is 0 Å². The van der Waals surface area contributed by atoms with Crippen LogP contribution in [0.1, 0.15) is 30.5 Å². The zero-order chi connectivity index (χ0) is 9.14. The first kappa shape index (κ1) is 9.20. The Hall–Kier alpha value is -0.890. The van der Waals surface area contributed by atoms with Gasteiger partial charge in [0.25, 0.3) is 0 Å². The predicted molar refractivity (Wildman–Crippen MR) is 48.4 cm³/mol. The van der Waals surface area contributed by atoms with Crippen molar-refractivity contribution in [3.05, 3.63) is 35.1 Å². The molecule has 1 nitrogen and oxygen atoms in total. The Morgan fingerprint density at radius 1 is 1.42 bits per heavy atom. The fourth-order valence-electron chi connectivity index (χ4n) is 1.21. The standard InChI is InChI=1S/C10H14FN/c1-3-10(12)8-4-7(2)5-9(11)6-8/h4-6,10H,3,12H2,1-2H3/t10-/m0/s1. The number of nitrogens with two attached hydrogens (primary N) is 1. The van der Waals surface area contributed by atoms with Gasteiger partial charge in [-0.1, -0.05) is 13.0 Å². The molecule has 0 spiro atoms. The van der Waals surface area contributed by atoms with Crippen molar-refractivity contribution in [2.75, 3.05) is 0 Å². The van der Waals surface area contributed by atoms with E-state index in [1.165, 1.54) is 12.1 Å². The SMILES string of the molecule is CC[C@H](N)c1cc(C)cc(F)c1. The summed E-state index contributed by atoms with van der Waals surface area (Å²) in [6.45, 7) is 3.86. The van der Waals surface area contributed by atoms with E-state index in [9.17, 15) is 4.39 Å². The van der Waals surface area contributed by atoms with Crippen LogP contribution in [0.4, 0.5) is 4.39 Å². The summed E-state index contributed by atoms with van der Waals surface area (Å²) in [7, 11) is 0. The Kier molecular flexibility index (Phi) is 2.82. The molecule has 2 N–H and O–H groups in total. The second-order valence-corrected chi connectivity index (χ2v) is 3.08. The average molecular weight is 167 g/mol. The van der Waals surface area contributed by atoms with E-state index in [1.54, 1.807) is 0 Å².